The van der Waals surface area contributed by atoms with Gasteiger partial charge in [-0.25, -0.2) is 4.68 Å². The summed E-state index contributed by atoms with van der Waals surface area (Å²) in [5.74, 6) is 0.0166. The SMILES string of the molecule is Cc1ccc(-n2nc(C(=O)NC3CC4CCC(C3)N4)c3c2CCC3)c(C)c1.Cl. The number of benzene rings is 1. The average molecular weight is 401 g/mol. The molecule has 2 atom stereocenters. The molecule has 1 amide bonds. The number of hydrogen-bond acceptors (Lipinski definition) is 3. The maximum absolute atomic E-state index is 13.1. The maximum atomic E-state index is 13.1. The summed E-state index contributed by atoms with van der Waals surface area (Å²) >= 11 is 0. The number of nitrogens with one attached hydrogen (secondary N) is 2. The van der Waals surface area contributed by atoms with Crippen molar-refractivity contribution < 1.29 is 4.79 Å². The topological polar surface area (TPSA) is 59.0 Å². The molecule has 2 fully saturated rings. The van der Waals surface area contributed by atoms with Gasteiger partial charge in [0.25, 0.3) is 5.91 Å². The molecule has 5 nitrogen and oxygen atoms in total. The summed E-state index contributed by atoms with van der Waals surface area (Å²) < 4.78 is 2.03. The standard InChI is InChI=1S/C22H28N4O.ClH/c1-13-6-9-19(14(2)10-13)26-20-5-3-4-18(20)21(25-26)22(27)24-17-11-15-7-8-16(12-17)23-15;/h6,9-10,15-17,23H,3-5,7-8,11-12H2,1-2H3,(H,24,27);1H. The van der Waals surface area contributed by atoms with Gasteiger partial charge >= 0.3 is 0 Å². The van der Waals surface area contributed by atoms with Gasteiger partial charge in [0.05, 0.1) is 5.69 Å². The van der Waals surface area contributed by atoms with Gasteiger partial charge < -0.3 is 10.6 Å². The van der Waals surface area contributed by atoms with Gasteiger partial charge in [0, 0.05) is 29.4 Å². The third kappa shape index (κ3) is 3.35. The van der Waals surface area contributed by atoms with E-state index in [0.717, 1.165) is 43.4 Å². The summed E-state index contributed by atoms with van der Waals surface area (Å²) in [6, 6.07) is 7.86. The van der Waals surface area contributed by atoms with Crippen molar-refractivity contribution in [3.8, 4) is 5.69 Å². The lowest BCUT2D eigenvalue weighted by Gasteiger charge is -2.29. The van der Waals surface area contributed by atoms with E-state index in [1.807, 2.05) is 4.68 Å². The van der Waals surface area contributed by atoms with Crippen LogP contribution in [0, 0.1) is 13.8 Å². The Labute approximate surface area is 172 Å². The zero-order valence-electron chi connectivity index (χ0n) is 16.6. The minimum Gasteiger partial charge on any atom is -0.348 e. The number of nitrogens with zero attached hydrogens (tertiary/aromatic N) is 2. The first-order valence-electron chi connectivity index (χ1n) is 10.3. The van der Waals surface area contributed by atoms with Gasteiger partial charge in [-0.1, -0.05) is 17.7 Å². The highest BCUT2D eigenvalue weighted by Gasteiger charge is 2.35. The van der Waals surface area contributed by atoms with Crippen LogP contribution < -0.4 is 10.6 Å². The van der Waals surface area contributed by atoms with Gasteiger partial charge in [-0.2, -0.15) is 5.10 Å². The van der Waals surface area contributed by atoms with Crippen LogP contribution in [0.25, 0.3) is 5.69 Å². The minimum absolute atomic E-state index is 0. The monoisotopic (exact) mass is 400 g/mol. The first-order valence-corrected chi connectivity index (χ1v) is 10.3. The fourth-order valence-electron chi connectivity index (χ4n) is 5.29. The molecule has 3 heterocycles. The lowest BCUT2D eigenvalue weighted by atomic mass is 9.99. The number of halogens is 1. The van der Waals surface area contributed by atoms with Crippen molar-refractivity contribution in [2.24, 2.45) is 0 Å². The van der Waals surface area contributed by atoms with E-state index in [9.17, 15) is 4.79 Å². The van der Waals surface area contributed by atoms with Crippen LogP contribution in [0.3, 0.4) is 0 Å². The summed E-state index contributed by atoms with van der Waals surface area (Å²) in [6.07, 6.45) is 7.64. The normalized spacial score (nSPS) is 25.3. The molecule has 0 saturated carbocycles. The van der Waals surface area contributed by atoms with Crippen molar-refractivity contribution in [3.05, 3.63) is 46.3 Å². The number of fused-ring (bicyclic) bond motifs is 3. The lowest BCUT2D eigenvalue weighted by Crippen LogP contribution is -2.48. The van der Waals surface area contributed by atoms with Crippen molar-refractivity contribution >= 4 is 18.3 Å². The Balaban J connectivity index is 0.00000192. The largest absolute Gasteiger partial charge is 0.348 e. The Hall–Kier alpha value is -1.85. The molecular weight excluding hydrogens is 372 g/mol. The first kappa shape index (κ1) is 19.5. The van der Waals surface area contributed by atoms with E-state index >= 15 is 0 Å². The van der Waals surface area contributed by atoms with Crippen molar-refractivity contribution in [3.63, 3.8) is 0 Å². The second-order valence-corrected chi connectivity index (χ2v) is 8.61. The fourth-order valence-corrected chi connectivity index (χ4v) is 5.29. The molecule has 2 saturated heterocycles. The Kier molecular flexibility index (Phi) is 5.23. The molecule has 0 spiro atoms. The van der Waals surface area contributed by atoms with E-state index < -0.39 is 0 Å². The number of rotatable bonds is 3. The number of hydrogen-bond donors (Lipinski definition) is 2. The van der Waals surface area contributed by atoms with E-state index in [-0.39, 0.29) is 24.4 Å². The molecule has 6 heteroatoms. The van der Waals surface area contributed by atoms with Crippen LogP contribution in [0.4, 0.5) is 0 Å². The summed E-state index contributed by atoms with van der Waals surface area (Å²) in [6.45, 7) is 4.23. The lowest BCUT2D eigenvalue weighted by molar-refractivity contribution is 0.0917. The molecule has 1 aromatic heterocycles. The molecule has 1 aliphatic carbocycles. The van der Waals surface area contributed by atoms with E-state index in [1.165, 1.54) is 29.7 Å². The highest BCUT2D eigenvalue weighted by Crippen LogP contribution is 2.30. The smallest absolute Gasteiger partial charge is 0.272 e. The molecule has 2 aliphatic heterocycles. The number of carbonyl (C=O) groups is 1. The van der Waals surface area contributed by atoms with Crippen molar-refractivity contribution in [2.45, 2.75) is 76.9 Å². The van der Waals surface area contributed by atoms with Crippen molar-refractivity contribution in [1.29, 1.82) is 0 Å². The van der Waals surface area contributed by atoms with Crippen molar-refractivity contribution in [2.75, 3.05) is 0 Å². The molecule has 5 rings (SSSR count). The van der Waals surface area contributed by atoms with E-state index in [0.29, 0.717) is 17.8 Å². The third-order valence-electron chi connectivity index (χ3n) is 6.53. The zero-order chi connectivity index (χ0) is 18.5. The number of aryl methyl sites for hydroxylation is 2. The molecule has 28 heavy (non-hydrogen) atoms. The molecule has 2 bridgehead atoms. The van der Waals surface area contributed by atoms with Gasteiger partial charge in [-0.3, -0.25) is 4.79 Å². The number of amides is 1. The van der Waals surface area contributed by atoms with Gasteiger partial charge in [-0.05, 0) is 70.4 Å². The highest BCUT2D eigenvalue weighted by atomic mass is 35.5. The number of aromatic nitrogens is 2. The molecule has 2 unspecified atom stereocenters. The molecule has 3 aliphatic rings. The van der Waals surface area contributed by atoms with Gasteiger partial charge in [0.15, 0.2) is 5.69 Å². The molecule has 2 N–H and O–H groups in total. The predicted molar refractivity (Wildman–Crippen MR) is 113 cm³/mol. The minimum atomic E-state index is 0. The predicted octanol–water partition coefficient (Wildman–Crippen LogP) is 3.41. The van der Waals surface area contributed by atoms with E-state index in [4.69, 9.17) is 5.10 Å². The van der Waals surface area contributed by atoms with Crippen LogP contribution in [0.2, 0.25) is 0 Å². The zero-order valence-corrected chi connectivity index (χ0v) is 17.4. The number of piperidine rings is 1. The summed E-state index contributed by atoms with van der Waals surface area (Å²) in [7, 11) is 0. The van der Waals surface area contributed by atoms with Crippen LogP contribution >= 0.6 is 12.4 Å². The highest BCUT2D eigenvalue weighted by molar-refractivity contribution is 5.94. The summed E-state index contributed by atoms with van der Waals surface area (Å²) in [5.41, 5.74) is 6.57. The van der Waals surface area contributed by atoms with Crippen LogP contribution in [-0.2, 0) is 12.8 Å². The average Bonchev–Trinajstić information content (AvgIpc) is 3.31. The van der Waals surface area contributed by atoms with Crippen LogP contribution in [0.1, 0.15) is 65.0 Å². The van der Waals surface area contributed by atoms with Crippen LogP contribution in [0.5, 0.6) is 0 Å². The van der Waals surface area contributed by atoms with Crippen molar-refractivity contribution in [1.82, 2.24) is 20.4 Å². The Morgan fingerprint density at radius 1 is 1.18 bits per heavy atom. The van der Waals surface area contributed by atoms with Gasteiger partial charge in [0.1, 0.15) is 0 Å². The van der Waals surface area contributed by atoms with E-state index in [2.05, 4.69) is 42.7 Å². The molecular formula is C22H29ClN4O. The fraction of sp³-hybridized carbons (Fsp3) is 0.545. The second kappa shape index (κ2) is 7.53. The Morgan fingerprint density at radius 2 is 1.93 bits per heavy atom. The summed E-state index contributed by atoms with van der Waals surface area (Å²) in [4.78, 5) is 13.1. The second-order valence-electron chi connectivity index (χ2n) is 8.61. The molecule has 1 aromatic carbocycles. The Morgan fingerprint density at radius 3 is 2.64 bits per heavy atom. The molecule has 0 radical (unpaired) electrons. The van der Waals surface area contributed by atoms with Gasteiger partial charge in [-0.15, -0.1) is 12.4 Å². The molecule has 150 valence electrons. The Bertz CT molecular complexity index is 894. The maximum Gasteiger partial charge on any atom is 0.272 e. The van der Waals surface area contributed by atoms with Crippen LogP contribution in [0.15, 0.2) is 18.2 Å². The van der Waals surface area contributed by atoms with E-state index in [1.54, 1.807) is 0 Å². The van der Waals surface area contributed by atoms with Gasteiger partial charge in [0.2, 0.25) is 0 Å². The number of carbonyl (C=O) groups excluding carboxylic acids is 1. The quantitative estimate of drug-likeness (QED) is 0.830. The first-order chi connectivity index (χ1) is 13.1. The summed E-state index contributed by atoms with van der Waals surface area (Å²) in [5, 5.41) is 11.7. The van der Waals surface area contributed by atoms with Crippen LogP contribution in [-0.4, -0.2) is 33.8 Å². The third-order valence-corrected chi connectivity index (χ3v) is 6.53. The molecule has 2 aromatic rings.